The van der Waals surface area contributed by atoms with Crippen LogP contribution in [0, 0.1) is 5.82 Å². The molecule has 152 valence electrons. The number of ether oxygens (including phenoxy) is 1. The minimum Gasteiger partial charge on any atom is -0.496 e. The van der Waals surface area contributed by atoms with Gasteiger partial charge in [-0.2, -0.15) is 0 Å². The molecule has 0 unspecified atom stereocenters. The van der Waals surface area contributed by atoms with Gasteiger partial charge >= 0.3 is 0 Å². The average Bonchev–Trinajstić information content (AvgIpc) is 2.65. The number of nitrogens with zero attached hydrogens (tertiary/aromatic N) is 1. The van der Waals surface area contributed by atoms with Crippen LogP contribution in [0.1, 0.15) is 31.9 Å². The number of methoxy groups -OCH3 is 1. The third kappa shape index (κ3) is 5.01. The summed E-state index contributed by atoms with van der Waals surface area (Å²) in [7, 11) is -2.23. The molecule has 0 radical (unpaired) electrons. The fourth-order valence-corrected chi connectivity index (χ4v) is 4.27. The largest absolute Gasteiger partial charge is 0.496 e. The zero-order valence-electron chi connectivity index (χ0n) is 16.3. The lowest BCUT2D eigenvalue weighted by atomic mass is 10.1. The van der Waals surface area contributed by atoms with E-state index in [1.165, 1.54) is 12.1 Å². The molecule has 0 fully saturated rings. The lowest BCUT2D eigenvalue weighted by Gasteiger charge is -2.31. The van der Waals surface area contributed by atoms with Crippen molar-refractivity contribution in [2.24, 2.45) is 0 Å². The van der Waals surface area contributed by atoms with Crippen molar-refractivity contribution in [2.75, 3.05) is 17.7 Å². The van der Waals surface area contributed by atoms with Crippen LogP contribution >= 0.6 is 0 Å². The van der Waals surface area contributed by atoms with Crippen LogP contribution in [0.25, 0.3) is 0 Å². The monoisotopic (exact) mass is 408 g/mol. The summed E-state index contributed by atoms with van der Waals surface area (Å²) < 4.78 is 44.4. The Kier molecular flexibility index (Phi) is 7.01. The smallest absolute Gasteiger partial charge is 0.244 e. The van der Waals surface area contributed by atoms with Gasteiger partial charge in [0, 0.05) is 5.56 Å². The van der Waals surface area contributed by atoms with Gasteiger partial charge in [0.05, 0.1) is 25.1 Å². The van der Waals surface area contributed by atoms with Crippen LogP contribution in [0.15, 0.2) is 48.5 Å². The summed E-state index contributed by atoms with van der Waals surface area (Å²) in [6.07, 6.45) is 1.27. The maximum Gasteiger partial charge on any atom is 0.244 e. The van der Waals surface area contributed by atoms with E-state index in [0.717, 1.165) is 28.3 Å². The first-order valence-corrected chi connectivity index (χ1v) is 10.7. The molecular formula is C20H25FN2O4S. The summed E-state index contributed by atoms with van der Waals surface area (Å²) in [5.41, 5.74) is 1.01. The zero-order valence-corrected chi connectivity index (χ0v) is 17.2. The third-order valence-electron chi connectivity index (χ3n) is 4.38. The van der Waals surface area contributed by atoms with Crippen LogP contribution in [-0.4, -0.2) is 33.7 Å². The fourth-order valence-electron chi connectivity index (χ4n) is 3.06. The molecule has 2 atom stereocenters. The van der Waals surface area contributed by atoms with Gasteiger partial charge in [-0.25, -0.2) is 12.8 Å². The number of sulfonamides is 1. The minimum atomic E-state index is -3.78. The van der Waals surface area contributed by atoms with Crippen LogP contribution in [0.3, 0.4) is 0 Å². The summed E-state index contributed by atoms with van der Waals surface area (Å²) in [5.74, 6) is -0.308. The normalized spacial score (nSPS) is 13.5. The Labute approximate surface area is 165 Å². The third-order valence-corrected chi connectivity index (χ3v) is 5.55. The molecule has 1 amide bonds. The van der Waals surface area contributed by atoms with Gasteiger partial charge in [0.2, 0.25) is 15.9 Å². The number of carbonyl (C=O) groups excluding carboxylic acids is 1. The highest BCUT2D eigenvalue weighted by atomic mass is 32.2. The molecule has 8 heteroatoms. The second-order valence-corrected chi connectivity index (χ2v) is 8.29. The molecule has 0 aliphatic rings. The molecule has 2 aromatic carbocycles. The molecule has 0 aliphatic carbocycles. The second kappa shape index (κ2) is 9.05. The molecule has 0 heterocycles. The van der Waals surface area contributed by atoms with Crippen molar-refractivity contribution < 1.29 is 22.3 Å². The van der Waals surface area contributed by atoms with Crippen LogP contribution in [0.2, 0.25) is 0 Å². The number of carbonyl (C=O) groups is 1. The molecule has 0 saturated heterocycles. The molecular weight excluding hydrogens is 383 g/mol. The van der Waals surface area contributed by atoms with Gasteiger partial charge in [0.25, 0.3) is 0 Å². The van der Waals surface area contributed by atoms with Crippen molar-refractivity contribution in [1.82, 2.24) is 5.32 Å². The molecule has 0 aromatic heterocycles. The predicted octanol–water partition coefficient (Wildman–Crippen LogP) is 3.26. The Morgan fingerprint density at radius 2 is 1.79 bits per heavy atom. The van der Waals surface area contributed by atoms with E-state index in [9.17, 15) is 17.6 Å². The summed E-state index contributed by atoms with van der Waals surface area (Å²) in [4.78, 5) is 13.0. The average molecular weight is 408 g/mol. The first-order chi connectivity index (χ1) is 13.2. The number of hydrogen-bond acceptors (Lipinski definition) is 4. The van der Waals surface area contributed by atoms with E-state index in [1.54, 1.807) is 27.0 Å². The van der Waals surface area contributed by atoms with E-state index in [2.05, 4.69) is 5.32 Å². The lowest BCUT2D eigenvalue weighted by molar-refractivity contribution is -0.122. The van der Waals surface area contributed by atoms with Crippen molar-refractivity contribution in [3.8, 4) is 5.75 Å². The van der Waals surface area contributed by atoms with Crippen molar-refractivity contribution in [3.63, 3.8) is 0 Å². The highest BCUT2D eigenvalue weighted by Crippen LogP contribution is 2.26. The maximum atomic E-state index is 13.3. The van der Waals surface area contributed by atoms with Crippen LogP contribution in [-0.2, 0) is 14.8 Å². The number of anilines is 1. The molecule has 2 rings (SSSR count). The maximum absolute atomic E-state index is 13.3. The standard InChI is InChI=1S/C20H25FN2O4S/c1-5-18(23(28(4,25)26)16-12-10-15(21)11-13-16)20(24)22-14(2)17-8-6-7-9-19(17)27-3/h6-14,18H,5H2,1-4H3,(H,22,24)/t14-,18+/m0/s1. The van der Waals surface area contributed by atoms with Crippen LogP contribution < -0.4 is 14.4 Å². The van der Waals surface area contributed by atoms with E-state index in [4.69, 9.17) is 4.74 Å². The highest BCUT2D eigenvalue weighted by Gasteiger charge is 2.32. The molecule has 6 nitrogen and oxygen atoms in total. The Morgan fingerprint density at radius 1 is 1.18 bits per heavy atom. The highest BCUT2D eigenvalue weighted by molar-refractivity contribution is 7.92. The topological polar surface area (TPSA) is 75.7 Å². The molecule has 2 aromatic rings. The first-order valence-electron chi connectivity index (χ1n) is 8.87. The summed E-state index contributed by atoms with van der Waals surface area (Å²) in [5, 5.41) is 2.86. The minimum absolute atomic E-state index is 0.232. The Balaban J connectivity index is 2.32. The summed E-state index contributed by atoms with van der Waals surface area (Å²) in [6.45, 7) is 3.52. The second-order valence-electron chi connectivity index (χ2n) is 6.43. The van der Waals surface area contributed by atoms with Gasteiger partial charge in [0.15, 0.2) is 0 Å². The molecule has 1 N–H and O–H groups in total. The fraction of sp³-hybridized carbons (Fsp3) is 0.350. The van der Waals surface area contributed by atoms with E-state index in [0.29, 0.717) is 5.75 Å². The quantitative estimate of drug-likeness (QED) is 0.728. The zero-order chi connectivity index (χ0) is 20.9. The van der Waals surface area contributed by atoms with Crippen molar-refractivity contribution >= 4 is 21.6 Å². The SMILES string of the molecule is CC[C@H](C(=O)N[C@@H](C)c1ccccc1OC)N(c1ccc(F)cc1)S(C)(=O)=O. The van der Waals surface area contributed by atoms with Crippen molar-refractivity contribution in [2.45, 2.75) is 32.4 Å². The predicted molar refractivity (Wildman–Crippen MR) is 107 cm³/mol. The molecule has 0 spiro atoms. The van der Waals surface area contributed by atoms with Crippen LogP contribution in [0.4, 0.5) is 10.1 Å². The van der Waals surface area contributed by atoms with Gasteiger partial charge < -0.3 is 10.1 Å². The number of nitrogens with one attached hydrogen (secondary N) is 1. The van der Waals surface area contributed by atoms with Gasteiger partial charge in [-0.05, 0) is 43.7 Å². The number of hydrogen-bond donors (Lipinski definition) is 1. The lowest BCUT2D eigenvalue weighted by Crippen LogP contribution is -2.49. The van der Waals surface area contributed by atoms with E-state index in [1.807, 2.05) is 18.2 Å². The van der Waals surface area contributed by atoms with Gasteiger partial charge in [0.1, 0.15) is 17.6 Å². The summed E-state index contributed by atoms with van der Waals surface area (Å²) >= 11 is 0. The van der Waals surface area contributed by atoms with Crippen LogP contribution in [0.5, 0.6) is 5.75 Å². The van der Waals surface area contributed by atoms with Gasteiger partial charge in [-0.15, -0.1) is 0 Å². The molecule has 0 aliphatic heterocycles. The molecule has 0 saturated carbocycles. The van der Waals surface area contributed by atoms with Crippen molar-refractivity contribution in [3.05, 3.63) is 59.9 Å². The molecule has 0 bridgehead atoms. The van der Waals surface area contributed by atoms with E-state index < -0.39 is 33.8 Å². The van der Waals surface area contributed by atoms with E-state index in [-0.39, 0.29) is 12.1 Å². The number of amides is 1. The Morgan fingerprint density at radius 3 is 2.32 bits per heavy atom. The number of halogens is 1. The first kappa shape index (κ1) is 21.7. The number of para-hydroxylation sites is 1. The van der Waals surface area contributed by atoms with Gasteiger partial charge in [-0.3, -0.25) is 9.10 Å². The van der Waals surface area contributed by atoms with Crippen molar-refractivity contribution in [1.29, 1.82) is 0 Å². The van der Waals surface area contributed by atoms with Gasteiger partial charge in [-0.1, -0.05) is 25.1 Å². The Hall–Kier alpha value is -2.61. The Bertz CT molecular complexity index is 916. The van der Waals surface area contributed by atoms with E-state index >= 15 is 0 Å². The number of benzene rings is 2. The number of rotatable bonds is 8. The summed E-state index contributed by atoms with van der Waals surface area (Å²) in [6, 6.07) is 10.9. The molecule has 28 heavy (non-hydrogen) atoms.